The first-order valence-corrected chi connectivity index (χ1v) is 9.40. The van der Waals surface area contributed by atoms with Crippen molar-refractivity contribution in [3.8, 4) is 0 Å². The van der Waals surface area contributed by atoms with Gasteiger partial charge in [-0.3, -0.25) is 9.59 Å². The molecule has 0 bridgehead atoms. The van der Waals surface area contributed by atoms with E-state index in [0.717, 1.165) is 16.8 Å². The van der Waals surface area contributed by atoms with Gasteiger partial charge in [-0.1, -0.05) is 35.9 Å². The van der Waals surface area contributed by atoms with Crippen LogP contribution in [0.3, 0.4) is 0 Å². The van der Waals surface area contributed by atoms with Gasteiger partial charge in [-0.25, -0.2) is 0 Å². The fourth-order valence-corrected chi connectivity index (χ4v) is 3.09. The minimum atomic E-state index is -0.108. The quantitative estimate of drug-likeness (QED) is 0.795. The number of nitrogens with one attached hydrogen (secondary N) is 1. The van der Waals surface area contributed by atoms with Gasteiger partial charge in [-0.05, 0) is 42.3 Å². The van der Waals surface area contributed by atoms with Gasteiger partial charge >= 0.3 is 0 Å². The van der Waals surface area contributed by atoms with Gasteiger partial charge < -0.3 is 10.2 Å². The van der Waals surface area contributed by atoms with Crippen LogP contribution < -0.4 is 5.32 Å². The molecule has 0 aliphatic heterocycles. The average Bonchev–Trinajstić information content (AvgIpc) is 2.56. The second-order valence-electron chi connectivity index (χ2n) is 5.79. The van der Waals surface area contributed by atoms with Crippen LogP contribution in [-0.4, -0.2) is 35.3 Å². The molecule has 0 radical (unpaired) electrons. The minimum absolute atomic E-state index is 0.0108. The van der Waals surface area contributed by atoms with Gasteiger partial charge in [-0.15, -0.1) is 11.8 Å². The lowest BCUT2D eigenvalue weighted by Crippen LogP contribution is -2.28. The highest BCUT2D eigenvalue weighted by atomic mass is 35.5. The molecule has 2 amide bonds. The Bertz CT molecular complexity index is 734. The van der Waals surface area contributed by atoms with Gasteiger partial charge in [0.15, 0.2) is 0 Å². The maximum Gasteiger partial charge on any atom is 0.234 e. The lowest BCUT2D eigenvalue weighted by atomic mass is 10.2. The topological polar surface area (TPSA) is 49.4 Å². The second kappa shape index (κ2) is 9.49. The van der Waals surface area contributed by atoms with Crippen LogP contribution in [0.25, 0.3) is 0 Å². The number of carbonyl (C=O) groups is 2. The molecule has 0 heterocycles. The molecule has 0 atom stereocenters. The molecule has 1 N–H and O–H groups in total. The van der Waals surface area contributed by atoms with E-state index >= 15 is 0 Å². The largest absolute Gasteiger partial charge is 0.341 e. The maximum absolute atomic E-state index is 12.1. The van der Waals surface area contributed by atoms with Gasteiger partial charge in [0, 0.05) is 24.3 Å². The Morgan fingerprint density at radius 1 is 1.12 bits per heavy atom. The van der Waals surface area contributed by atoms with E-state index in [1.807, 2.05) is 43.3 Å². The summed E-state index contributed by atoms with van der Waals surface area (Å²) in [5.41, 5.74) is 2.88. The number of halogens is 1. The number of amides is 2. The number of rotatable bonds is 7. The summed E-state index contributed by atoms with van der Waals surface area (Å²) < 4.78 is 0. The highest BCUT2D eigenvalue weighted by molar-refractivity contribution is 8.00. The summed E-state index contributed by atoms with van der Waals surface area (Å²) in [6.07, 6.45) is 0. The number of aryl methyl sites for hydroxylation is 1. The number of hydrogen-bond donors (Lipinski definition) is 1. The highest BCUT2D eigenvalue weighted by Crippen LogP contribution is 2.13. The molecule has 2 rings (SSSR count). The summed E-state index contributed by atoms with van der Waals surface area (Å²) in [4.78, 5) is 25.7. The number of nitrogens with zero attached hydrogens (tertiary/aromatic N) is 1. The molecule has 4 nitrogen and oxygen atoms in total. The zero-order chi connectivity index (χ0) is 18.2. The Balaban J connectivity index is 1.72. The Kier molecular flexibility index (Phi) is 7.34. The monoisotopic (exact) mass is 376 g/mol. The molecule has 0 unspecified atom stereocenters. The van der Waals surface area contributed by atoms with Crippen molar-refractivity contribution in [2.75, 3.05) is 23.9 Å². The van der Waals surface area contributed by atoms with Crippen LogP contribution in [0.15, 0.2) is 48.5 Å². The molecule has 0 saturated heterocycles. The second-order valence-corrected chi connectivity index (χ2v) is 7.21. The fraction of sp³-hybridized carbons (Fsp3) is 0.263. The molecular weight excluding hydrogens is 356 g/mol. The van der Waals surface area contributed by atoms with Crippen molar-refractivity contribution in [3.05, 3.63) is 64.7 Å². The van der Waals surface area contributed by atoms with Gasteiger partial charge in [0.1, 0.15) is 0 Å². The lowest BCUT2D eigenvalue weighted by molar-refractivity contribution is -0.127. The van der Waals surface area contributed by atoms with Crippen molar-refractivity contribution in [3.63, 3.8) is 0 Å². The van der Waals surface area contributed by atoms with E-state index in [9.17, 15) is 9.59 Å². The number of thioether (sulfide) groups is 1. The highest BCUT2D eigenvalue weighted by Gasteiger charge is 2.11. The summed E-state index contributed by atoms with van der Waals surface area (Å²) in [7, 11) is 1.75. The third-order valence-corrected chi connectivity index (χ3v) is 4.69. The lowest BCUT2D eigenvalue weighted by Gasteiger charge is -2.17. The average molecular weight is 377 g/mol. The van der Waals surface area contributed by atoms with E-state index < -0.39 is 0 Å². The van der Waals surface area contributed by atoms with Gasteiger partial charge in [0.05, 0.1) is 11.5 Å². The van der Waals surface area contributed by atoms with Crippen molar-refractivity contribution in [2.45, 2.75) is 13.5 Å². The zero-order valence-corrected chi connectivity index (χ0v) is 15.9. The molecule has 0 saturated carbocycles. The van der Waals surface area contributed by atoms with Crippen LogP contribution in [-0.2, 0) is 16.1 Å². The van der Waals surface area contributed by atoms with E-state index in [-0.39, 0.29) is 23.3 Å². The van der Waals surface area contributed by atoms with Gasteiger partial charge in [0.2, 0.25) is 11.8 Å². The van der Waals surface area contributed by atoms with Crippen molar-refractivity contribution >= 4 is 40.9 Å². The smallest absolute Gasteiger partial charge is 0.234 e. The predicted octanol–water partition coefficient (Wildman–Crippen LogP) is 3.98. The van der Waals surface area contributed by atoms with Crippen LogP contribution in [0.5, 0.6) is 0 Å². The molecule has 25 heavy (non-hydrogen) atoms. The van der Waals surface area contributed by atoms with Crippen molar-refractivity contribution < 1.29 is 9.59 Å². The van der Waals surface area contributed by atoms with E-state index in [0.29, 0.717) is 11.6 Å². The molecule has 2 aromatic carbocycles. The molecular formula is C19H21ClN2O2S. The first-order valence-electron chi connectivity index (χ1n) is 7.87. The Morgan fingerprint density at radius 3 is 2.52 bits per heavy atom. The molecule has 0 aliphatic rings. The van der Waals surface area contributed by atoms with E-state index in [2.05, 4.69) is 5.32 Å². The maximum atomic E-state index is 12.1. The van der Waals surface area contributed by atoms with Crippen LogP contribution in [0.2, 0.25) is 5.02 Å². The molecule has 0 aromatic heterocycles. The number of benzene rings is 2. The minimum Gasteiger partial charge on any atom is -0.341 e. The Morgan fingerprint density at radius 2 is 1.84 bits per heavy atom. The van der Waals surface area contributed by atoms with Crippen LogP contribution in [0.1, 0.15) is 11.1 Å². The fourth-order valence-electron chi connectivity index (χ4n) is 2.21. The zero-order valence-electron chi connectivity index (χ0n) is 14.3. The molecule has 6 heteroatoms. The van der Waals surface area contributed by atoms with Crippen LogP contribution in [0, 0.1) is 6.92 Å². The Hall–Kier alpha value is -1.98. The van der Waals surface area contributed by atoms with Gasteiger partial charge in [0.25, 0.3) is 0 Å². The van der Waals surface area contributed by atoms with Crippen LogP contribution >= 0.6 is 23.4 Å². The van der Waals surface area contributed by atoms with Crippen molar-refractivity contribution in [1.29, 1.82) is 0 Å². The third kappa shape index (κ3) is 6.80. The summed E-state index contributed by atoms with van der Waals surface area (Å²) >= 11 is 7.16. The standard InChI is InChI=1S/C19H21ClN2O2S/c1-14-4-3-5-17(10-14)21-18(23)12-25-13-19(24)22(2)11-15-6-8-16(20)9-7-15/h3-10H,11-13H2,1-2H3,(H,21,23). The molecule has 0 spiro atoms. The van der Waals surface area contributed by atoms with Crippen molar-refractivity contribution in [2.24, 2.45) is 0 Å². The van der Waals surface area contributed by atoms with E-state index in [4.69, 9.17) is 11.6 Å². The van der Waals surface area contributed by atoms with E-state index in [1.54, 1.807) is 24.1 Å². The summed E-state index contributed by atoms with van der Waals surface area (Å²) in [5, 5.41) is 3.51. The predicted molar refractivity (Wildman–Crippen MR) is 105 cm³/mol. The molecule has 0 fully saturated rings. The summed E-state index contributed by atoms with van der Waals surface area (Å²) in [6, 6.07) is 15.0. The molecule has 2 aromatic rings. The Labute approximate surface area is 157 Å². The van der Waals surface area contributed by atoms with Gasteiger partial charge in [-0.2, -0.15) is 0 Å². The SMILES string of the molecule is Cc1cccc(NC(=O)CSCC(=O)N(C)Cc2ccc(Cl)cc2)c1. The molecule has 0 aliphatic carbocycles. The number of carbonyl (C=O) groups excluding carboxylic acids is 2. The first-order chi connectivity index (χ1) is 11.9. The number of hydrogen-bond acceptors (Lipinski definition) is 3. The summed E-state index contributed by atoms with van der Waals surface area (Å²) in [6.45, 7) is 2.49. The van der Waals surface area contributed by atoms with E-state index in [1.165, 1.54) is 11.8 Å². The van der Waals surface area contributed by atoms with Crippen LogP contribution in [0.4, 0.5) is 5.69 Å². The molecule has 132 valence electrons. The summed E-state index contributed by atoms with van der Waals surface area (Å²) in [5.74, 6) is 0.395. The first kappa shape index (κ1) is 19.3. The normalized spacial score (nSPS) is 10.4. The number of anilines is 1. The van der Waals surface area contributed by atoms with Crippen molar-refractivity contribution in [1.82, 2.24) is 4.90 Å². The third-order valence-electron chi connectivity index (χ3n) is 3.52.